The van der Waals surface area contributed by atoms with Gasteiger partial charge >= 0.3 is 0 Å². The maximum atomic E-state index is 12.5. The predicted octanol–water partition coefficient (Wildman–Crippen LogP) is 3.98. The van der Waals surface area contributed by atoms with Crippen LogP contribution in [0, 0.1) is 6.92 Å². The second-order valence-corrected chi connectivity index (χ2v) is 8.39. The number of rotatable bonds is 8. The van der Waals surface area contributed by atoms with Crippen molar-refractivity contribution in [1.82, 2.24) is 9.88 Å². The van der Waals surface area contributed by atoms with E-state index in [1.165, 1.54) is 0 Å². The third-order valence-corrected chi connectivity index (χ3v) is 5.82. The van der Waals surface area contributed by atoms with Crippen LogP contribution in [0.2, 0.25) is 0 Å². The summed E-state index contributed by atoms with van der Waals surface area (Å²) in [7, 11) is -3.61. The van der Waals surface area contributed by atoms with Gasteiger partial charge in [0.25, 0.3) is 0 Å². The van der Waals surface area contributed by atoms with E-state index in [4.69, 9.17) is 4.52 Å². The van der Waals surface area contributed by atoms with Crippen molar-refractivity contribution in [2.45, 2.75) is 31.7 Å². The Hall–Kier alpha value is -3.23. The van der Waals surface area contributed by atoms with Crippen LogP contribution in [-0.2, 0) is 21.4 Å². The first-order chi connectivity index (χ1) is 14.4. The molecule has 156 valence electrons. The van der Waals surface area contributed by atoms with Gasteiger partial charge in [-0.3, -0.25) is 4.79 Å². The standard InChI is InChI=1S/C22H23N3O4S/c1-3-21(26)24-22-16(2)25-29-20(22)14-11-17-9-12-19(13-10-17)30(27,28)23-15-18-7-5-4-6-8-18/h4-14,23H,3,15H2,1-2H3,(H,24,26). The molecule has 0 atom stereocenters. The molecule has 3 rings (SSSR count). The Morgan fingerprint density at radius 3 is 2.43 bits per heavy atom. The average Bonchev–Trinajstić information content (AvgIpc) is 3.11. The van der Waals surface area contributed by atoms with E-state index in [2.05, 4.69) is 15.2 Å². The van der Waals surface area contributed by atoms with Gasteiger partial charge in [0.1, 0.15) is 11.4 Å². The lowest BCUT2D eigenvalue weighted by molar-refractivity contribution is -0.115. The molecular weight excluding hydrogens is 402 g/mol. The van der Waals surface area contributed by atoms with Crippen molar-refractivity contribution in [3.05, 3.63) is 77.2 Å². The fraction of sp³-hybridized carbons (Fsp3) is 0.182. The Bertz CT molecular complexity index is 1130. The zero-order valence-electron chi connectivity index (χ0n) is 16.8. The number of hydrogen-bond donors (Lipinski definition) is 2. The summed E-state index contributed by atoms with van der Waals surface area (Å²) in [6, 6.07) is 15.8. The fourth-order valence-corrected chi connectivity index (χ4v) is 3.69. The topological polar surface area (TPSA) is 101 Å². The molecule has 8 heteroatoms. The normalized spacial score (nSPS) is 11.7. The van der Waals surface area contributed by atoms with Gasteiger partial charge in [0.15, 0.2) is 5.76 Å². The summed E-state index contributed by atoms with van der Waals surface area (Å²) in [5.74, 6) is 0.295. The molecule has 0 unspecified atom stereocenters. The summed E-state index contributed by atoms with van der Waals surface area (Å²) in [6.45, 7) is 3.73. The van der Waals surface area contributed by atoms with Crippen molar-refractivity contribution in [1.29, 1.82) is 0 Å². The lowest BCUT2D eigenvalue weighted by atomic mass is 10.2. The first-order valence-electron chi connectivity index (χ1n) is 9.47. The molecule has 1 amide bonds. The number of anilines is 1. The van der Waals surface area contributed by atoms with E-state index in [0.29, 0.717) is 23.6 Å². The minimum Gasteiger partial charge on any atom is -0.354 e. The Balaban J connectivity index is 1.69. The molecule has 3 aromatic rings. The molecule has 0 saturated heterocycles. The minimum atomic E-state index is -3.61. The molecule has 0 fully saturated rings. The molecule has 2 N–H and O–H groups in total. The number of benzene rings is 2. The summed E-state index contributed by atoms with van der Waals surface area (Å²) in [6.07, 6.45) is 3.79. The number of sulfonamides is 1. The third-order valence-electron chi connectivity index (χ3n) is 4.40. The number of carbonyl (C=O) groups is 1. The van der Waals surface area contributed by atoms with E-state index >= 15 is 0 Å². The van der Waals surface area contributed by atoms with Gasteiger partial charge in [-0.05, 0) is 36.3 Å². The molecule has 0 aliphatic carbocycles. The first-order valence-corrected chi connectivity index (χ1v) is 10.9. The second-order valence-electron chi connectivity index (χ2n) is 6.62. The summed E-state index contributed by atoms with van der Waals surface area (Å²) < 4.78 is 32.8. The molecule has 1 aromatic heterocycles. The van der Waals surface area contributed by atoms with Crippen LogP contribution < -0.4 is 10.0 Å². The Labute approximate surface area is 175 Å². The molecule has 0 aliphatic rings. The molecule has 0 saturated carbocycles. The van der Waals surface area contributed by atoms with Gasteiger partial charge in [0, 0.05) is 13.0 Å². The third kappa shape index (κ3) is 5.43. The van der Waals surface area contributed by atoms with Crippen molar-refractivity contribution in [2.24, 2.45) is 0 Å². The number of nitrogens with zero attached hydrogens (tertiary/aromatic N) is 1. The highest BCUT2D eigenvalue weighted by Gasteiger charge is 2.14. The molecule has 2 aromatic carbocycles. The van der Waals surface area contributed by atoms with Gasteiger partial charge < -0.3 is 9.84 Å². The van der Waals surface area contributed by atoms with Gasteiger partial charge in [-0.25, -0.2) is 13.1 Å². The number of aromatic nitrogens is 1. The fourth-order valence-electron chi connectivity index (χ4n) is 2.67. The van der Waals surface area contributed by atoms with Crippen LogP contribution in [0.5, 0.6) is 0 Å². The first kappa shape index (κ1) is 21.5. The quantitative estimate of drug-likeness (QED) is 0.568. The average molecular weight is 426 g/mol. The van der Waals surface area contributed by atoms with Gasteiger partial charge in [0.2, 0.25) is 15.9 Å². The lowest BCUT2D eigenvalue weighted by Gasteiger charge is -2.07. The highest BCUT2D eigenvalue weighted by atomic mass is 32.2. The maximum absolute atomic E-state index is 12.5. The van der Waals surface area contributed by atoms with Crippen molar-refractivity contribution in [3.63, 3.8) is 0 Å². The highest BCUT2D eigenvalue weighted by Crippen LogP contribution is 2.23. The monoisotopic (exact) mass is 425 g/mol. The minimum absolute atomic E-state index is 0.131. The van der Waals surface area contributed by atoms with Gasteiger partial charge in [-0.2, -0.15) is 0 Å². The van der Waals surface area contributed by atoms with Gasteiger partial charge in [-0.1, -0.05) is 60.6 Å². The highest BCUT2D eigenvalue weighted by molar-refractivity contribution is 7.89. The lowest BCUT2D eigenvalue weighted by Crippen LogP contribution is -2.23. The van der Waals surface area contributed by atoms with E-state index < -0.39 is 10.0 Å². The smallest absolute Gasteiger partial charge is 0.240 e. The van der Waals surface area contributed by atoms with Crippen molar-refractivity contribution in [3.8, 4) is 0 Å². The molecule has 30 heavy (non-hydrogen) atoms. The molecule has 0 radical (unpaired) electrons. The van der Waals surface area contributed by atoms with E-state index in [-0.39, 0.29) is 17.3 Å². The van der Waals surface area contributed by atoms with Crippen LogP contribution in [0.1, 0.15) is 35.9 Å². The number of nitrogens with one attached hydrogen (secondary N) is 2. The number of carbonyl (C=O) groups excluding carboxylic acids is 1. The Morgan fingerprint density at radius 1 is 1.07 bits per heavy atom. The molecule has 0 spiro atoms. The van der Waals surface area contributed by atoms with E-state index in [1.54, 1.807) is 50.3 Å². The molecule has 0 aliphatic heterocycles. The van der Waals surface area contributed by atoms with Crippen LogP contribution in [0.25, 0.3) is 12.2 Å². The Morgan fingerprint density at radius 2 is 1.77 bits per heavy atom. The largest absolute Gasteiger partial charge is 0.354 e. The van der Waals surface area contributed by atoms with Crippen LogP contribution >= 0.6 is 0 Å². The molecule has 1 heterocycles. The van der Waals surface area contributed by atoms with Crippen LogP contribution in [0.4, 0.5) is 5.69 Å². The van der Waals surface area contributed by atoms with Crippen LogP contribution in [0.15, 0.2) is 64.0 Å². The predicted molar refractivity (Wildman–Crippen MR) is 116 cm³/mol. The molecule has 0 bridgehead atoms. The van der Waals surface area contributed by atoms with E-state index in [1.807, 2.05) is 30.3 Å². The zero-order chi connectivity index (χ0) is 21.6. The van der Waals surface area contributed by atoms with Gasteiger partial charge in [0.05, 0.1) is 4.90 Å². The van der Waals surface area contributed by atoms with Crippen LogP contribution in [0.3, 0.4) is 0 Å². The number of aryl methyl sites for hydroxylation is 1. The molecular formula is C22H23N3O4S. The summed E-state index contributed by atoms with van der Waals surface area (Å²) in [4.78, 5) is 11.8. The maximum Gasteiger partial charge on any atom is 0.240 e. The summed E-state index contributed by atoms with van der Waals surface area (Å²) in [5.41, 5.74) is 2.78. The Kier molecular flexibility index (Phi) is 6.81. The number of amides is 1. The van der Waals surface area contributed by atoms with Crippen molar-refractivity contribution < 1.29 is 17.7 Å². The summed E-state index contributed by atoms with van der Waals surface area (Å²) >= 11 is 0. The van der Waals surface area contributed by atoms with E-state index in [9.17, 15) is 13.2 Å². The SMILES string of the molecule is CCC(=O)Nc1c(C)noc1C=Cc1ccc(S(=O)(=O)NCc2ccccc2)cc1. The van der Waals surface area contributed by atoms with Crippen molar-refractivity contribution >= 4 is 33.8 Å². The van der Waals surface area contributed by atoms with Crippen LogP contribution in [-0.4, -0.2) is 19.5 Å². The molecule has 7 nitrogen and oxygen atoms in total. The number of hydrogen-bond acceptors (Lipinski definition) is 5. The van der Waals surface area contributed by atoms with E-state index in [0.717, 1.165) is 11.1 Å². The zero-order valence-corrected chi connectivity index (χ0v) is 17.6. The van der Waals surface area contributed by atoms with Crippen molar-refractivity contribution in [2.75, 3.05) is 5.32 Å². The summed E-state index contributed by atoms with van der Waals surface area (Å²) in [5, 5.41) is 6.65. The second kappa shape index (κ2) is 9.51. The van der Waals surface area contributed by atoms with Gasteiger partial charge in [-0.15, -0.1) is 0 Å².